The van der Waals surface area contributed by atoms with E-state index in [1.165, 1.54) is 50.3 Å². The fourth-order valence-electron chi connectivity index (χ4n) is 2.94. The Labute approximate surface area is 111 Å². The third kappa shape index (κ3) is 2.81. The molecule has 0 spiro atoms. The molecule has 3 rings (SSSR count). The van der Waals surface area contributed by atoms with Gasteiger partial charge in [-0.3, -0.25) is 9.80 Å². The zero-order chi connectivity index (χ0) is 11.7. The molecule has 1 atom stereocenters. The Hall–Kier alpha value is -0.160. The van der Waals surface area contributed by atoms with Crippen molar-refractivity contribution in [1.29, 1.82) is 0 Å². The van der Waals surface area contributed by atoms with Crippen LogP contribution in [0, 0.1) is 0 Å². The molecule has 1 aromatic rings. The van der Waals surface area contributed by atoms with Crippen LogP contribution in [0.25, 0.3) is 0 Å². The smallest absolute Gasteiger partial charge is 0.183 e. The fraction of sp³-hybridized carbons (Fsp3) is 0.750. The van der Waals surface area contributed by atoms with Gasteiger partial charge in [0.25, 0.3) is 0 Å². The second-order valence-electron chi connectivity index (χ2n) is 5.00. The van der Waals surface area contributed by atoms with Crippen LogP contribution in [0.1, 0.15) is 24.1 Å². The first-order chi connectivity index (χ1) is 8.31. The van der Waals surface area contributed by atoms with Gasteiger partial charge in [-0.2, -0.15) is 0 Å². The highest BCUT2D eigenvalue weighted by molar-refractivity contribution is 7.15. The van der Waals surface area contributed by atoms with Crippen LogP contribution in [0.3, 0.4) is 0 Å². The zero-order valence-electron chi connectivity index (χ0n) is 9.94. The molecule has 0 aromatic carbocycles. The lowest BCUT2D eigenvalue weighted by molar-refractivity contribution is 0.0461. The van der Waals surface area contributed by atoms with Gasteiger partial charge < -0.3 is 0 Å². The third-order valence-electron chi connectivity index (χ3n) is 3.83. The number of piperidine rings is 1. The van der Waals surface area contributed by atoms with Crippen molar-refractivity contribution in [2.75, 3.05) is 26.2 Å². The summed E-state index contributed by atoms with van der Waals surface area (Å²) < 4.78 is 0.663. The van der Waals surface area contributed by atoms with Crippen LogP contribution < -0.4 is 0 Å². The van der Waals surface area contributed by atoms with E-state index in [-0.39, 0.29) is 0 Å². The van der Waals surface area contributed by atoms with E-state index >= 15 is 0 Å². The molecule has 0 saturated carbocycles. The van der Waals surface area contributed by atoms with Crippen molar-refractivity contribution < 1.29 is 0 Å². The van der Waals surface area contributed by atoms with E-state index in [0.717, 1.165) is 12.6 Å². The van der Waals surface area contributed by atoms with Gasteiger partial charge in [0.15, 0.2) is 4.47 Å². The highest BCUT2D eigenvalue weighted by atomic mass is 35.5. The SMILES string of the molecule is Clc1ncc(CN2CCN3CCCCC3C2)s1. The maximum atomic E-state index is 5.87. The Balaban J connectivity index is 1.58. The van der Waals surface area contributed by atoms with Gasteiger partial charge >= 0.3 is 0 Å². The second-order valence-corrected chi connectivity index (χ2v) is 6.70. The molecule has 0 bridgehead atoms. The molecule has 0 N–H and O–H groups in total. The average molecular weight is 272 g/mol. The first-order valence-electron chi connectivity index (χ1n) is 6.38. The van der Waals surface area contributed by atoms with Crippen molar-refractivity contribution in [2.24, 2.45) is 0 Å². The van der Waals surface area contributed by atoms with Crippen LogP contribution in [0.4, 0.5) is 0 Å². The lowest BCUT2D eigenvalue weighted by Crippen LogP contribution is -2.54. The number of nitrogens with zero attached hydrogens (tertiary/aromatic N) is 3. The number of halogens is 1. The highest BCUT2D eigenvalue weighted by Crippen LogP contribution is 2.24. The molecule has 2 aliphatic heterocycles. The molecule has 2 fully saturated rings. The van der Waals surface area contributed by atoms with Crippen molar-refractivity contribution in [2.45, 2.75) is 31.8 Å². The van der Waals surface area contributed by atoms with E-state index in [2.05, 4.69) is 14.8 Å². The Morgan fingerprint density at radius 3 is 3.12 bits per heavy atom. The van der Waals surface area contributed by atoms with Gasteiger partial charge in [0.2, 0.25) is 0 Å². The van der Waals surface area contributed by atoms with Gasteiger partial charge in [0, 0.05) is 43.3 Å². The summed E-state index contributed by atoms with van der Waals surface area (Å²) in [5.41, 5.74) is 0. The van der Waals surface area contributed by atoms with Crippen LogP contribution in [0.5, 0.6) is 0 Å². The lowest BCUT2D eigenvalue weighted by atomic mass is 9.99. The summed E-state index contributed by atoms with van der Waals surface area (Å²) in [4.78, 5) is 10.6. The maximum absolute atomic E-state index is 5.87. The van der Waals surface area contributed by atoms with E-state index in [0.29, 0.717) is 4.47 Å². The summed E-state index contributed by atoms with van der Waals surface area (Å²) in [7, 11) is 0. The summed E-state index contributed by atoms with van der Waals surface area (Å²) in [6.45, 7) is 5.97. The van der Waals surface area contributed by atoms with Gasteiger partial charge in [0.05, 0.1) is 0 Å². The first kappa shape index (κ1) is 11.9. The summed E-state index contributed by atoms with van der Waals surface area (Å²) in [5.74, 6) is 0. The van der Waals surface area contributed by atoms with Crippen LogP contribution in [-0.2, 0) is 6.54 Å². The summed E-state index contributed by atoms with van der Waals surface area (Å²) in [6.07, 6.45) is 6.09. The van der Waals surface area contributed by atoms with Gasteiger partial charge in [-0.25, -0.2) is 4.98 Å². The van der Waals surface area contributed by atoms with Crippen LogP contribution >= 0.6 is 22.9 Å². The molecule has 1 aromatic heterocycles. The van der Waals surface area contributed by atoms with Crippen LogP contribution in [0.15, 0.2) is 6.20 Å². The highest BCUT2D eigenvalue weighted by Gasteiger charge is 2.28. The van der Waals surface area contributed by atoms with E-state index in [9.17, 15) is 0 Å². The van der Waals surface area contributed by atoms with Gasteiger partial charge in [0.1, 0.15) is 0 Å². The lowest BCUT2D eigenvalue weighted by Gasteiger charge is -2.43. The number of hydrogen-bond donors (Lipinski definition) is 0. The first-order valence-corrected chi connectivity index (χ1v) is 7.57. The molecule has 1 unspecified atom stereocenters. The van der Waals surface area contributed by atoms with Crippen molar-refractivity contribution in [3.05, 3.63) is 15.5 Å². The molecule has 3 nitrogen and oxygen atoms in total. The largest absolute Gasteiger partial charge is 0.298 e. The quantitative estimate of drug-likeness (QED) is 0.824. The molecule has 94 valence electrons. The van der Waals surface area contributed by atoms with E-state index in [4.69, 9.17) is 11.6 Å². The Morgan fingerprint density at radius 2 is 2.29 bits per heavy atom. The minimum atomic E-state index is 0.663. The third-order valence-corrected chi connectivity index (χ3v) is 4.93. The monoisotopic (exact) mass is 271 g/mol. The van der Waals surface area contributed by atoms with Crippen LogP contribution in [0.2, 0.25) is 4.47 Å². The molecule has 3 heterocycles. The topological polar surface area (TPSA) is 19.4 Å². The molecular weight excluding hydrogens is 254 g/mol. The summed E-state index contributed by atoms with van der Waals surface area (Å²) in [5, 5.41) is 0. The number of aromatic nitrogens is 1. The minimum Gasteiger partial charge on any atom is -0.298 e. The van der Waals surface area contributed by atoms with Gasteiger partial charge in [-0.05, 0) is 19.4 Å². The van der Waals surface area contributed by atoms with Crippen LogP contribution in [-0.4, -0.2) is 47.0 Å². The number of thiazole rings is 1. The van der Waals surface area contributed by atoms with Crippen molar-refractivity contribution in [1.82, 2.24) is 14.8 Å². The molecule has 0 radical (unpaired) electrons. The minimum absolute atomic E-state index is 0.663. The Kier molecular flexibility index (Phi) is 3.66. The van der Waals surface area contributed by atoms with Gasteiger partial charge in [-0.15, -0.1) is 11.3 Å². The summed E-state index contributed by atoms with van der Waals surface area (Å²) in [6, 6.07) is 0.792. The van der Waals surface area contributed by atoms with Crippen molar-refractivity contribution in [3.63, 3.8) is 0 Å². The average Bonchev–Trinajstić information content (AvgIpc) is 2.75. The number of piperazine rings is 1. The standard InChI is InChI=1S/C12H18ClN3S/c13-12-14-7-11(17-12)9-15-5-6-16-4-2-1-3-10(16)8-15/h7,10H,1-6,8-9H2. The molecule has 2 aliphatic rings. The Morgan fingerprint density at radius 1 is 1.35 bits per heavy atom. The number of hydrogen-bond acceptors (Lipinski definition) is 4. The van der Waals surface area contributed by atoms with Gasteiger partial charge in [-0.1, -0.05) is 18.0 Å². The second kappa shape index (κ2) is 5.22. The van der Waals surface area contributed by atoms with E-state index < -0.39 is 0 Å². The zero-order valence-corrected chi connectivity index (χ0v) is 11.5. The van der Waals surface area contributed by atoms with E-state index in [1.54, 1.807) is 11.3 Å². The summed E-state index contributed by atoms with van der Waals surface area (Å²) >= 11 is 7.48. The predicted molar refractivity (Wildman–Crippen MR) is 71.6 cm³/mol. The van der Waals surface area contributed by atoms with Crippen molar-refractivity contribution in [3.8, 4) is 0 Å². The fourth-order valence-corrected chi connectivity index (χ4v) is 3.96. The molecule has 5 heteroatoms. The van der Waals surface area contributed by atoms with Crippen molar-refractivity contribution >= 4 is 22.9 Å². The molecular formula is C12H18ClN3S. The molecule has 0 aliphatic carbocycles. The van der Waals surface area contributed by atoms with E-state index in [1.807, 2.05) is 6.20 Å². The Bertz CT molecular complexity index is 382. The molecule has 17 heavy (non-hydrogen) atoms. The number of rotatable bonds is 2. The molecule has 0 amide bonds. The predicted octanol–water partition coefficient (Wildman–Crippen LogP) is 2.47. The maximum Gasteiger partial charge on any atom is 0.183 e. The molecule has 2 saturated heterocycles. The normalized spacial score (nSPS) is 27.0. The number of fused-ring (bicyclic) bond motifs is 1.